The molecule has 0 aliphatic heterocycles. The lowest BCUT2D eigenvalue weighted by atomic mass is 9.95. The van der Waals surface area contributed by atoms with Gasteiger partial charge in [-0.2, -0.15) is 0 Å². The summed E-state index contributed by atoms with van der Waals surface area (Å²) < 4.78 is 5.75. The monoisotopic (exact) mass is 216 g/mol. The molecule has 1 aliphatic rings. The number of allylic oxidation sites excluding steroid dienone is 2. The first kappa shape index (κ1) is 10.9. The molecule has 16 heavy (non-hydrogen) atoms. The maximum absolute atomic E-state index is 10.5. The van der Waals surface area contributed by atoms with E-state index in [0.717, 1.165) is 36.6 Å². The van der Waals surface area contributed by atoms with E-state index >= 15 is 0 Å². The van der Waals surface area contributed by atoms with Crippen LogP contribution in [0.25, 0.3) is 0 Å². The molecular formula is C14H16O2. The van der Waals surface area contributed by atoms with Gasteiger partial charge in [-0.3, -0.25) is 4.79 Å². The van der Waals surface area contributed by atoms with Gasteiger partial charge in [-0.15, -0.1) is 0 Å². The summed E-state index contributed by atoms with van der Waals surface area (Å²) in [5.41, 5.74) is 0.679. The average Bonchev–Trinajstić information content (AvgIpc) is 2.33. The predicted octanol–water partition coefficient (Wildman–Crippen LogP) is 3.58. The zero-order valence-corrected chi connectivity index (χ0v) is 9.48. The molecule has 1 aliphatic carbocycles. The fourth-order valence-electron chi connectivity index (χ4n) is 1.80. The van der Waals surface area contributed by atoms with Crippen molar-refractivity contribution in [3.63, 3.8) is 0 Å². The van der Waals surface area contributed by atoms with Crippen molar-refractivity contribution in [2.75, 3.05) is 0 Å². The van der Waals surface area contributed by atoms with E-state index in [4.69, 9.17) is 4.74 Å². The van der Waals surface area contributed by atoms with Crippen molar-refractivity contribution in [3.8, 4) is 5.75 Å². The quantitative estimate of drug-likeness (QED) is 0.722. The number of carbonyl (C=O) groups is 1. The molecule has 0 aromatic heterocycles. The molecule has 0 saturated heterocycles. The summed E-state index contributed by atoms with van der Waals surface area (Å²) in [6.07, 6.45) is 6.31. The van der Waals surface area contributed by atoms with E-state index in [1.165, 1.54) is 6.42 Å². The van der Waals surface area contributed by atoms with Crippen LogP contribution in [0.5, 0.6) is 5.75 Å². The first-order chi connectivity index (χ1) is 7.78. The summed E-state index contributed by atoms with van der Waals surface area (Å²) in [7, 11) is 0. The zero-order valence-electron chi connectivity index (χ0n) is 9.48. The Morgan fingerprint density at radius 3 is 2.62 bits per heavy atom. The highest BCUT2D eigenvalue weighted by Gasteiger charge is 2.11. The SMILES string of the molecule is CC1CC=C(Oc2ccc(C=O)cc2)CC1. The summed E-state index contributed by atoms with van der Waals surface area (Å²) in [4.78, 5) is 10.5. The summed E-state index contributed by atoms with van der Waals surface area (Å²) in [5, 5.41) is 0. The minimum Gasteiger partial charge on any atom is -0.462 e. The van der Waals surface area contributed by atoms with E-state index in [-0.39, 0.29) is 0 Å². The minimum absolute atomic E-state index is 0.679. The number of benzene rings is 1. The lowest BCUT2D eigenvalue weighted by Gasteiger charge is -2.18. The lowest BCUT2D eigenvalue weighted by molar-refractivity contribution is 0.112. The van der Waals surface area contributed by atoms with Crippen molar-refractivity contribution < 1.29 is 9.53 Å². The molecule has 84 valence electrons. The first-order valence-corrected chi connectivity index (χ1v) is 5.70. The van der Waals surface area contributed by atoms with Crippen LogP contribution >= 0.6 is 0 Å². The number of ether oxygens (including phenoxy) is 1. The minimum atomic E-state index is 0.679. The molecule has 1 aromatic rings. The zero-order chi connectivity index (χ0) is 11.4. The Morgan fingerprint density at radius 2 is 2.06 bits per heavy atom. The third kappa shape index (κ3) is 2.72. The second-order valence-electron chi connectivity index (χ2n) is 4.34. The van der Waals surface area contributed by atoms with Gasteiger partial charge in [0.05, 0.1) is 0 Å². The number of hydrogen-bond acceptors (Lipinski definition) is 2. The Hall–Kier alpha value is -1.57. The molecule has 0 heterocycles. The highest BCUT2D eigenvalue weighted by atomic mass is 16.5. The second kappa shape index (κ2) is 4.97. The van der Waals surface area contributed by atoms with E-state index in [2.05, 4.69) is 13.0 Å². The number of carbonyl (C=O) groups excluding carboxylic acids is 1. The molecule has 1 unspecified atom stereocenters. The standard InChI is InChI=1S/C14H16O2/c1-11-2-6-13(7-3-11)16-14-8-4-12(10-15)5-9-14/h4-6,8-11H,2-3,7H2,1H3. The van der Waals surface area contributed by atoms with Crippen LogP contribution in [0.3, 0.4) is 0 Å². The number of hydrogen-bond donors (Lipinski definition) is 0. The van der Waals surface area contributed by atoms with Gasteiger partial charge >= 0.3 is 0 Å². The van der Waals surface area contributed by atoms with Gasteiger partial charge in [0.25, 0.3) is 0 Å². The van der Waals surface area contributed by atoms with Crippen molar-refractivity contribution in [2.45, 2.75) is 26.2 Å². The normalized spacial score (nSPS) is 20.1. The molecule has 0 fully saturated rings. The van der Waals surface area contributed by atoms with Crippen LogP contribution in [-0.4, -0.2) is 6.29 Å². The molecule has 1 aromatic carbocycles. The summed E-state index contributed by atoms with van der Waals surface area (Å²) in [5.74, 6) is 2.63. The van der Waals surface area contributed by atoms with Crippen LogP contribution in [-0.2, 0) is 0 Å². The highest BCUT2D eigenvalue weighted by molar-refractivity contribution is 5.74. The van der Waals surface area contributed by atoms with Gasteiger partial charge in [-0.1, -0.05) is 6.92 Å². The fourth-order valence-corrected chi connectivity index (χ4v) is 1.80. The van der Waals surface area contributed by atoms with Gasteiger partial charge < -0.3 is 4.74 Å². The van der Waals surface area contributed by atoms with Crippen molar-refractivity contribution in [2.24, 2.45) is 5.92 Å². The summed E-state index contributed by atoms with van der Waals surface area (Å²) >= 11 is 0. The maximum atomic E-state index is 10.5. The van der Waals surface area contributed by atoms with Crippen molar-refractivity contribution in [1.29, 1.82) is 0 Å². The van der Waals surface area contributed by atoms with Gasteiger partial charge in [0, 0.05) is 12.0 Å². The van der Waals surface area contributed by atoms with Crippen LogP contribution in [0.15, 0.2) is 36.1 Å². The number of aldehydes is 1. The largest absolute Gasteiger partial charge is 0.462 e. The Balaban J connectivity index is 2.01. The predicted molar refractivity (Wildman–Crippen MR) is 63.6 cm³/mol. The molecular weight excluding hydrogens is 200 g/mol. The molecule has 0 bridgehead atoms. The van der Waals surface area contributed by atoms with Crippen LogP contribution in [0.2, 0.25) is 0 Å². The van der Waals surface area contributed by atoms with Crippen molar-refractivity contribution >= 4 is 6.29 Å². The molecule has 0 N–H and O–H groups in total. The summed E-state index contributed by atoms with van der Waals surface area (Å²) in [6.45, 7) is 2.26. The molecule has 2 heteroatoms. The molecule has 0 spiro atoms. The Bertz CT molecular complexity index is 390. The Kier molecular flexibility index (Phi) is 3.40. The van der Waals surface area contributed by atoms with Gasteiger partial charge in [-0.25, -0.2) is 0 Å². The molecule has 1 atom stereocenters. The first-order valence-electron chi connectivity index (χ1n) is 5.70. The van der Waals surface area contributed by atoms with Gasteiger partial charge in [0.2, 0.25) is 0 Å². The molecule has 2 rings (SSSR count). The summed E-state index contributed by atoms with van der Waals surface area (Å²) in [6, 6.07) is 7.22. The van der Waals surface area contributed by atoms with Crippen LogP contribution in [0, 0.1) is 5.92 Å². The van der Waals surface area contributed by atoms with Crippen molar-refractivity contribution in [1.82, 2.24) is 0 Å². The van der Waals surface area contributed by atoms with Crippen molar-refractivity contribution in [3.05, 3.63) is 41.7 Å². The van der Waals surface area contributed by atoms with E-state index in [1.54, 1.807) is 12.1 Å². The lowest BCUT2D eigenvalue weighted by Crippen LogP contribution is -2.05. The van der Waals surface area contributed by atoms with Crippen LogP contribution in [0.4, 0.5) is 0 Å². The maximum Gasteiger partial charge on any atom is 0.150 e. The number of rotatable bonds is 3. The smallest absolute Gasteiger partial charge is 0.150 e. The van der Waals surface area contributed by atoms with Gasteiger partial charge in [-0.05, 0) is 49.1 Å². The Morgan fingerprint density at radius 1 is 1.31 bits per heavy atom. The fraction of sp³-hybridized carbons (Fsp3) is 0.357. The van der Waals surface area contributed by atoms with Crippen LogP contribution in [0.1, 0.15) is 36.5 Å². The van der Waals surface area contributed by atoms with E-state index in [0.29, 0.717) is 5.56 Å². The molecule has 0 amide bonds. The van der Waals surface area contributed by atoms with Gasteiger partial charge in [0.1, 0.15) is 17.8 Å². The van der Waals surface area contributed by atoms with Crippen LogP contribution < -0.4 is 4.74 Å². The van der Waals surface area contributed by atoms with E-state index in [9.17, 15) is 4.79 Å². The molecule has 0 saturated carbocycles. The molecule has 2 nitrogen and oxygen atoms in total. The van der Waals surface area contributed by atoms with Gasteiger partial charge in [0.15, 0.2) is 0 Å². The third-order valence-corrected chi connectivity index (χ3v) is 2.90. The van der Waals surface area contributed by atoms with E-state index < -0.39 is 0 Å². The second-order valence-corrected chi connectivity index (χ2v) is 4.34. The Labute approximate surface area is 95.9 Å². The third-order valence-electron chi connectivity index (χ3n) is 2.90. The van der Waals surface area contributed by atoms with E-state index in [1.807, 2.05) is 12.1 Å². The highest BCUT2D eigenvalue weighted by Crippen LogP contribution is 2.25. The topological polar surface area (TPSA) is 26.3 Å². The average molecular weight is 216 g/mol. The molecule has 0 radical (unpaired) electrons.